The van der Waals surface area contributed by atoms with Gasteiger partial charge < -0.3 is 9.15 Å². The first-order valence-electron chi connectivity index (χ1n) is 13.5. The Bertz CT molecular complexity index is 2230. The Hall–Kier alpha value is -6.09. The van der Waals surface area contributed by atoms with Crippen molar-refractivity contribution in [1.29, 1.82) is 0 Å². The van der Waals surface area contributed by atoms with Crippen molar-refractivity contribution < 1.29 is 14.1 Å². The summed E-state index contributed by atoms with van der Waals surface area (Å²) in [5.74, 6) is 1.16. The van der Waals surface area contributed by atoms with Gasteiger partial charge in [0.05, 0.1) is 22.0 Å². The van der Waals surface area contributed by atoms with Crippen molar-refractivity contribution in [3.05, 3.63) is 147 Å². The summed E-state index contributed by atoms with van der Waals surface area (Å²) in [7, 11) is 0. The van der Waals surface area contributed by atoms with Crippen LogP contribution >= 0.6 is 0 Å². The molecule has 43 heavy (non-hydrogen) atoms. The second-order valence-corrected chi connectivity index (χ2v) is 9.88. The Balaban J connectivity index is 1.36. The molecule has 0 atom stereocenters. The maximum Gasteiger partial charge on any atom is 0.282 e. The summed E-state index contributed by atoms with van der Waals surface area (Å²) in [6, 6.07) is 34.3. The molecule has 0 amide bonds. The molecule has 208 valence electrons. The summed E-state index contributed by atoms with van der Waals surface area (Å²) >= 11 is 0. The molecule has 0 bridgehead atoms. The van der Waals surface area contributed by atoms with E-state index in [9.17, 15) is 14.9 Å². The lowest BCUT2D eigenvalue weighted by Crippen LogP contribution is -2.20. The number of rotatable bonds is 7. The van der Waals surface area contributed by atoms with Crippen LogP contribution in [-0.2, 0) is 6.61 Å². The Labute approximate surface area is 244 Å². The van der Waals surface area contributed by atoms with Crippen molar-refractivity contribution in [3.63, 3.8) is 0 Å². The van der Waals surface area contributed by atoms with Crippen LogP contribution in [0.5, 0.6) is 5.75 Å². The standard InChI is InChI=1S/C34H22N4O5/c39-34-27-13-4-5-14-29(27)36-33(32-19-24-10-2-6-15-30(24)43-32)37(34)35-20-28-26-12-3-1-9-23(26)16-17-31(28)42-21-22-8-7-11-25(18-22)38(40)41/h1-20H,21H2. The van der Waals surface area contributed by atoms with Crippen molar-refractivity contribution in [1.82, 2.24) is 9.66 Å². The van der Waals surface area contributed by atoms with E-state index in [4.69, 9.17) is 14.1 Å². The number of nitro groups is 1. The molecule has 0 unspecified atom stereocenters. The number of benzene rings is 5. The number of para-hydroxylation sites is 2. The lowest BCUT2D eigenvalue weighted by molar-refractivity contribution is -0.384. The topological polar surface area (TPSA) is 113 Å². The molecule has 5 aromatic carbocycles. The molecule has 0 radical (unpaired) electrons. The zero-order valence-corrected chi connectivity index (χ0v) is 22.6. The molecule has 7 aromatic rings. The van der Waals surface area contributed by atoms with Gasteiger partial charge in [-0.05, 0) is 46.7 Å². The number of aromatic nitrogens is 2. The number of furan rings is 1. The highest BCUT2D eigenvalue weighted by Gasteiger charge is 2.17. The average Bonchev–Trinajstić information content (AvgIpc) is 3.48. The summed E-state index contributed by atoms with van der Waals surface area (Å²) in [5, 5.41) is 19.0. The Kier molecular flexibility index (Phi) is 6.44. The second kappa shape index (κ2) is 10.7. The highest BCUT2D eigenvalue weighted by atomic mass is 16.6. The number of hydrogen-bond acceptors (Lipinski definition) is 7. The third kappa shape index (κ3) is 4.89. The number of ether oxygens (including phenoxy) is 1. The van der Waals surface area contributed by atoms with Gasteiger partial charge in [-0.25, -0.2) is 4.98 Å². The summed E-state index contributed by atoms with van der Waals surface area (Å²) < 4.78 is 13.5. The van der Waals surface area contributed by atoms with Crippen LogP contribution in [-0.4, -0.2) is 20.8 Å². The van der Waals surface area contributed by atoms with Gasteiger partial charge in [-0.1, -0.05) is 72.8 Å². The summed E-state index contributed by atoms with van der Waals surface area (Å²) in [6.45, 7) is 0.0998. The fourth-order valence-corrected chi connectivity index (χ4v) is 5.05. The van der Waals surface area contributed by atoms with Gasteiger partial charge in [-0.15, -0.1) is 0 Å². The molecule has 0 aliphatic carbocycles. The van der Waals surface area contributed by atoms with Crippen LogP contribution in [0.3, 0.4) is 0 Å². The van der Waals surface area contributed by atoms with Gasteiger partial charge in [0.25, 0.3) is 11.2 Å². The van der Waals surface area contributed by atoms with E-state index < -0.39 is 4.92 Å². The van der Waals surface area contributed by atoms with Crippen molar-refractivity contribution >= 4 is 44.5 Å². The van der Waals surface area contributed by atoms with E-state index in [0.717, 1.165) is 16.2 Å². The molecule has 0 aliphatic heterocycles. The number of nitro benzene ring substituents is 1. The zero-order valence-electron chi connectivity index (χ0n) is 22.6. The van der Waals surface area contributed by atoms with Crippen LogP contribution in [0.2, 0.25) is 0 Å². The highest BCUT2D eigenvalue weighted by Crippen LogP contribution is 2.30. The van der Waals surface area contributed by atoms with Gasteiger partial charge in [-0.3, -0.25) is 14.9 Å². The van der Waals surface area contributed by atoms with Gasteiger partial charge >= 0.3 is 0 Å². The van der Waals surface area contributed by atoms with E-state index in [1.165, 1.54) is 16.8 Å². The van der Waals surface area contributed by atoms with Crippen LogP contribution in [0.25, 0.3) is 44.2 Å². The Morgan fingerprint density at radius 2 is 1.63 bits per heavy atom. The molecule has 0 saturated carbocycles. The zero-order chi connectivity index (χ0) is 29.3. The second-order valence-electron chi connectivity index (χ2n) is 9.88. The van der Waals surface area contributed by atoms with Crippen molar-refractivity contribution in [2.75, 3.05) is 0 Å². The number of hydrogen-bond donors (Lipinski definition) is 0. The molecule has 9 heteroatoms. The summed E-state index contributed by atoms with van der Waals surface area (Å²) in [4.78, 5) is 29.4. The predicted octanol–water partition coefficient (Wildman–Crippen LogP) is 7.33. The maximum atomic E-state index is 13.8. The first-order chi connectivity index (χ1) is 21.0. The van der Waals surface area contributed by atoms with Crippen LogP contribution in [0.15, 0.2) is 130 Å². The third-order valence-electron chi connectivity index (χ3n) is 7.15. The SMILES string of the molecule is O=c1c2ccccc2nc(-c2cc3ccccc3o2)n1N=Cc1c(OCc2cccc([N+](=O)[O-])c2)ccc2ccccc12. The van der Waals surface area contributed by atoms with E-state index in [1.807, 2.05) is 72.8 Å². The van der Waals surface area contributed by atoms with Gasteiger partial charge in [0.2, 0.25) is 5.82 Å². The smallest absolute Gasteiger partial charge is 0.282 e. The molecule has 2 heterocycles. The average molecular weight is 567 g/mol. The summed E-state index contributed by atoms with van der Waals surface area (Å²) in [6.07, 6.45) is 1.58. The number of non-ortho nitro benzene ring substituents is 1. The van der Waals surface area contributed by atoms with Crippen LogP contribution in [0, 0.1) is 10.1 Å². The Morgan fingerprint density at radius 1 is 0.860 bits per heavy atom. The lowest BCUT2D eigenvalue weighted by Gasteiger charge is -2.12. The highest BCUT2D eigenvalue weighted by molar-refractivity contribution is 6.02. The molecule has 0 saturated heterocycles. The fourth-order valence-electron chi connectivity index (χ4n) is 5.05. The first kappa shape index (κ1) is 25.8. The number of nitrogens with zero attached hydrogens (tertiary/aromatic N) is 4. The van der Waals surface area contributed by atoms with Gasteiger partial charge in [-0.2, -0.15) is 9.78 Å². The van der Waals surface area contributed by atoms with Gasteiger partial charge in [0.1, 0.15) is 17.9 Å². The monoisotopic (exact) mass is 566 g/mol. The van der Waals surface area contributed by atoms with E-state index in [1.54, 1.807) is 36.5 Å². The van der Waals surface area contributed by atoms with Crippen molar-refractivity contribution in [2.45, 2.75) is 6.61 Å². The number of fused-ring (bicyclic) bond motifs is 3. The van der Waals surface area contributed by atoms with Crippen LogP contribution < -0.4 is 10.3 Å². The minimum Gasteiger partial charge on any atom is -0.488 e. The van der Waals surface area contributed by atoms with Crippen LogP contribution in [0.4, 0.5) is 5.69 Å². The molecule has 2 aromatic heterocycles. The largest absolute Gasteiger partial charge is 0.488 e. The van der Waals surface area contributed by atoms with Crippen molar-refractivity contribution in [2.24, 2.45) is 5.10 Å². The molecule has 0 fully saturated rings. The molecule has 0 aliphatic rings. The van der Waals surface area contributed by atoms with E-state index in [2.05, 4.69) is 5.10 Å². The predicted molar refractivity (Wildman–Crippen MR) is 166 cm³/mol. The van der Waals surface area contributed by atoms with E-state index >= 15 is 0 Å². The quantitative estimate of drug-likeness (QED) is 0.113. The van der Waals surface area contributed by atoms with E-state index in [0.29, 0.717) is 39.1 Å². The maximum absolute atomic E-state index is 13.8. The molecular formula is C34H22N4O5. The Morgan fingerprint density at radius 3 is 2.47 bits per heavy atom. The third-order valence-corrected chi connectivity index (χ3v) is 7.15. The van der Waals surface area contributed by atoms with E-state index in [-0.39, 0.29) is 23.7 Å². The fraction of sp³-hybridized carbons (Fsp3) is 0.0294. The van der Waals surface area contributed by atoms with Crippen molar-refractivity contribution in [3.8, 4) is 17.3 Å². The minimum atomic E-state index is -0.438. The van der Waals surface area contributed by atoms with Crippen LogP contribution in [0.1, 0.15) is 11.1 Å². The molecule has 9 nitrogen and oxygen atoms in total. The van der Waals surface area contributed by atoms with Gasteiger partial charge in [0, 0.05) is 23.1 Å². The summed E-state index contributed by atoms with van der Waals surface area (Å²) in [5.41, 5.74) is 2.12. The minimum absolute atomic E-state index is 0.0114. The van der Waals surface area contributed by atoms with Gasteiger partial charge in [0.15, 0.2) is 5.76 Å². The molecular weight excluding hydrogens is 544 g/mol. The normalized spacial score (nSPS) is 11.5. The first-order valence-corrected chi connectivity index (χ1v) is 13.5. The molecule has 7 rings (SSSR count). The molecule has 0 N–H and O–H groups in total. The molecule has 0 spiro atoms. The lowest BCUT2D eigenvalue weighted by atomic mass is 10.0.